The van der Waals surface area contributed by atoms with Gasteiger partial charge >= 0.3 is 18.6 Å². The fourth-order valence-electron chi connectivity index (χ4n) is 4.08. The molecule has 1 unspecified atom stereocenters. The van der Waals surface area contributed by atoms with Gasteiger partial charge in [-0.25, -0.2) is 18.9 Å². The molecule has 0 spiro atoms. The lowest BCUT2D eigenvalue weighted by atomic mass is 10.2. The van der Waals surface area contributed by atoms with Crippen molar-refractivity contribution in [2.24, 2.45) is 4.99 Å². The van der Waals surface area contributed by atoms with Crippen molar-refractivity contribution < 1.29 is 49.8 Å². The topological polar surface area (TPSA) is 111 Å². The summed E-state index contributed by atoms with van der Waals surface area (Å²) in [5.74, 6) is -2.42. The van der Waals surface area contributed by atoms with Crippen LogP contribution in [0.5, 0.6) is 11.5 Å². The second kappa shape index (κ2) is 13.1. The summed E-state index contributed by atoms with van der Waals surface area (Å²) in [6, 6.07) is 11.3. The molecule has 47 heavy (non-hydrogen) atoms. The third-order valence-electron chi connectivity index (χ3n) is 6.05. The van der Waals surface area contributed by atoms with Crippen LogP contribution in [0, 0.1) is 12.7 Å². The van der Waals surface area contributed by atoms with Crippen molar-refractivity contribution >= 4 is 51.8 Å². The summed E-state index contributed by atoms with van der Waals surface area (Å²) in [7, 11) is 0. The molecular weight excluding hydrogens is 685 g/mol. The van der Waals surface area contributed by atoms with E-state index in [9.17, 15) is 35.9 Å². The predicted molar refractivity (Wildman–Crippen MR) is 157 cm³/mol. The Bertz CT molecular complexity index is 1850. The highest BCUT2D eigenvalue weighted by molar-refractivity contribution is 8.17. The molecule has 5 rings (SSSR count). The van der Waals surface area contributed by atoms with E-state index in [4.69, 9.17) is 16.3 Å². The Morgan fingerprint density at radius 3 is 2.45 bits per heavy atom. The van der Waals surface area contributed by atoms with Gasteiger partial charge in [0, 0.05) is 5.56 Å². The monoisotopic (exact) mass is 702 g/mol. The summed E-state index contributed by atoms with van der Waals surface area (Å²) in [4.78, 5) is 34.4. The van der Waals surface area contributed by atoms with E-state index in [0.29, 0.717) is 23.0 Å². The number of anilines is 2. The maximum atomic E-state index is 15.0. The summed E-state index contributed by atoms with van der Waals surface area (Å²) in [5, 5.41) is 6.12. The van der Waals surface area contributed by atoms with E-state index in [1.807, 2.05) is 0 Å². The molecule has 246 valence electrons. The highest BCUT2D eigenvalue weighted by Crippen LogP contribution is 2.40. The first-order valence-corrected chi connectivity index (χ1v) is 14.3. The molecular formula is C28H18ClF7N6O4S. The highest BCUT2D eigenvalue weighted by Gasteiger charge is 2.40. The number of carbonyl (C=O) groups is 2. The summed E-state index contributed by atoms with van der Waals surface area (Å²) in [5.41, 5.74) is 0.615. The second-order valence-corrected chi connectivity index (χ2v) is 11.3. The van der Waals surface area contributed by atoms with Gasteiger partial charge in [-0.2, -0.15) is 18.2 Å². The molecule has 0 radical (unpaired) electrons. The van der Waals surface area contributed by atoms with Crippen LogP contribution < -0.4 is 19.7 Å². The fraction of sp³-hybridized carbons (Fsp3) is 0.179. The van der Waals surface area contributed by atoms with Crippen LogP contribution in [0.4, 0.5) is 46.9 Å². The predicted octanol–water partition coefficient (Wildman–Crippen LogP) is 7.45. The Labute approximate surface area is 269 Å². The first-order valence-electron chi connectivity index (χ1n) is 13.0. The summed E-state index contributed by atoms with van der Waals surface area (Å²) < 4.78 is 99.4. The lowest BCUT2D eigenvalue weighted by Crippen LogP contribution is -2.32. The number of halogens is 8. The van der Waals surface area contributed by atoms with E-state index < -0.39 is 47.4 Å². The molecule has 1 fully saturated rings. The standard InChI is InChI=1S/C28H18ClF7N6O4S/c1-14-2-9-21(45-12-27(31,32)33)20(10-14)42-24(43)22(29)47-26(42)39-25(44)38-19-8-3-15(11-18(19)30)23-37-13-41(40-23)16-4-6-17(7-5-16)46-28(34,35)36/h2-11,13,22H,12H2,1H3,(H,38,44). The largest absolute Gasteiger partial charge is 0.573 e. The molecule has 1 aliphatic heterocycles. The van der Waals surface area contributed by atoms with Crippen LogP contribution in [-0.2, 0) is 4.79 Å². The van der Waals surface area contributed by atoms with Gasteiger partial charge in [-0.05, 0) is 67.1 Å². The Morgan fingerprint density at radius 1 is 1.06 bits per heavy atom. The van der Waals surface area contributed by atoms with Gasteiger partial charge in [0.2, 0.25) is 0 Å². The average Bonchev–Trinajstić information content (AvgIpc) is 3.57. The van der Waals surface area contributed by atoms with E-state index in [1.165, 1.54) is 53.5 Å². The molecule has 0 saturated carbocycles. The molecule has 10 nitrogen and oxygen atoms in total. The van der Waals surface area contributed by atoms with Crippen molar-refractivity contribution in [2.75, 3.05) is 16.8 Å². The Kier molecular flexibility index (Phi) is 9.35. The number of urea groups is 1. The molecule has 0 aliphatic carbocycles. The number of ether oxygens (including phenoxy) is 2. The van der Waals surface area contributed by atoms with Crippen LogP contribution in [0.15, 0.2) is 72.0 Å². The van der Waals surface area contributed by atoms with Crippen molar-refractivity contribution in [2.45, 2.75) is 24.2 Å². The molecule has 2 heterocycles. The number of thioether (sulfide) groups is 1. The minimum Gasteiger partial charge on any atom is -0.482 e. The van der Waals surface area contributed by atoms with Crippen molar-refractivity contribution in [3.05, 3.63) is 78.4 Å². The number of amidine groups is 1. The second-order valence-electron chi connectivity index (χ2n) is 9.56. The molecule has 3 amide bonds. The van der Waals surface area contributed by atoms with Gasteiger partial charge in [-0.1, -0.05) is 29.4 Å². The molecule has 1 aliphatic rings. The van der Waals surface area contributed by atoms with Gasteiger partial charge in [-0.15, -0.1) is 18.3 Å². The number of aromatic nitrogens is 3. The van der Waals surface area contributed by atoms with Crippen molar-refractivity contribution in [1.29, 1.82) is 0 Å². The number of hydrogen-bond acceptors (Lipinski definition) is 7. The van der Waals surface area contributed by atoms with Gasteiger partial charge < -0.3 is 14.8 Å². The van der Waals surface area contributed by atoms with E-state index in [-0.39, 0.29) is 33.7 Å². The van der Waals surface area contributed by atoms with Crippen LogP contribution in [-0.4, -0.2) is 55.7 Å². The fourth-order valence-corrected chi connectivity index (χ4v) is 5.24. The van der Waals surface area contributed by atoms with Gasteiger partial charge in [0.15, 0.2) is 22.3 Å². The highest BCUT2D eigenvalue weighted by atomic mass is 35.5. The number of hydrogen-bond donors (Lipinski definition) is 1. The van der Waals surface area contributed by atoms with Gasteiger partial charge in [0.25, 0.3) is 5.91 Å². The smallest absolute Gasteiger partial charge is 0.482 e. The lowest BCUT2D eigenvalue weighted by Gasteiger charge is -2.21. The number of aryl methyl sites for hydroxylation is 1. The molecule has 1 aromatic heterocycles. The van der Waals surface area contributed by atoms with Crippen LogP contribution in [0.1, 0.15) is 5.56 Å². The van der Waals surface area contributed by atoms with E-state index in [2.05, 4.69) is 25.1 Å². The number of nitrogens with one attached hydrogen (secondary N) is 1. The quantitative estimate of drug-likeness (QED) is 0.157. The van der Waals surface area contributed by atoms with Crippen LogP contribution in [0.2, 0.25) is 0 Å². The first-order chi connectivity index (χ1) is 22.1. The normalized spacial score (nSPS) is 16.1. The van der Waals surface area contributed by atoms with Crippen LogP contribution >= 0.6 is 23.4 Å². The first kappa shape index (κ1) is 33.5. The summed E-state index contributed by atoms with van der Waals surface area (Å²) in [6.07, 6.45) is -8.27. The van der Waals surface area contributed by atoms with Crippen molar-refractivity contribution in [3.63, 3.8) is 0 Å². The molecule has 0 bridgehead atoms. The van der Waals surface area contributed by atoms with Crippen molar-refractivity contribution in [1.82, 2.24) is 14.8 Å². The summed E-state index contributed by atoms with van der Waals surface area (Å²) >= 11 is 6.72. The van der Waals surface area contributed by atoms with Crippen molar-refractivity contribution in [3.8, 4) is 28.6 Å². The number of alkyl halides is 7. The summed E-state index contributed by atoms with van der Waals surface area (Å²) in [6.45, 7) is -0.0262. The minimum absolute atomic E-state index is 0.0454. The minimum atomic E-state index is -4.85. The number of benzene rings is 3. The third kappa shape index (κ3) is 8.31. The van der Waals surface area contributed by atoms with Crippen LogP contribution in [0.25, 0.3) is 17.1 Å². The molecule has 19 heteroatoms. The molecule has 4 aromatic rings. The van der Waals surface area contributed by atoms with Gasteiger partial charge in [0.05, 0.1) is 17.1 Å². The van der Waals surface area contributed by atoms with Gasteiger partial charge in [-0.3, -0.25) is 9.69 Å². The van der Waals surface area contributed by atoms with E-state index >= 15 is 4.39 Å². The third-order valence-corrected chi connectivity index (χ3v) is 7.40. The lowest BCUT2D eigenvalue weighted by molar-refractivity contribution is -0.274. The Balaban J connectivity index is 1.32. The number of amides is 3. The molecule has 1 N–H and O–H groups in total. The Morgan fingerprint density at radius 2 is 1.79 bits per heavy atom. The molecule has 3 aromatic carbocycles. The number of carbonyl (C=O) groups excluding carboxylic acids is 2. The zero-order valence-corrected chi connectivity index (χ0v) is 25.0. The zero-order chi connectivity index (χ0) is 34.1. The van der Waals surface area contributed by atoms with Crippen LogP contribution in [0.3, 0.4) is 0 Å². The van der Waals surface area contributed by atoms with E-state index in [1.54, 1.807) is 6.92 Å². The maximum absolute atomic E-state index is 15.0. The zero-order valence-electron chi connectivity index (χ0n) is 23.4. The maximum Gasteiger partial charge on any atom is 0.573 e. The number of rotatable bonds is 7. The number of nitrogens with zero attached hydrogens (tertiary/aromatic N) is 5. The van der Waals surface area contributed by atoms with Gasteiger partial charge in [0.1, 0.15) is 23.6 Å². The Hall–Kier alpha value is -4.84. The SMILES string of the molecule is Cc1ccc(OCC(F)(F)F)c(N2C(=O)C(Cl)SC2=NC(=O)Nc2ccc(-c3ncn(-c4ccc(OC(F)(F)F)cc4)n3)cc2F)c1. The average molecular weight is 703 g/mol. The van der Waals surface area contributed by atoms with E-state index in [0.717, 1.165) is 23.1 Å². The molecule has 1 saturated heterocycles. The molecule has 1 atom stereocenters. The number of aliphatic imine (C=N–C) groups is 1.